The van der Waals surface area contributed by atoms with E-state index in [0.717, 1.165) is 17.8 Å². The number of carbonyl (C=O) groups is 2. The van der Waals surface area contributed by atoms with Gasteiger partial charge in [-0.2, -0.15) is 13.2 Å². The number of thioether (sulfide) groups is 1. The van der Waals surface area contributed by atoms with Crippen LogP contribution in [0, 0.1) is 6.92 Å². The van der Waals surface area contributed by atoms with E-state index in [-0.39, 0.29) is 35.3 Å². The van der Waals surface area contributed by atoms with Crippen molar-refractivity contribution in [2.24, 2.45) is 0 Å². The minimum atomic E-state index is -4.61. The number of rotatable bonds is 7. The van der Waals surface area contributed by atoms with Gasteiger partial charge >= 0.3 is 18.2 Å². The van der Waals surface area contributed by atoms with E-state index in [0.29, 0.717) is 11.3 Å². The maximum atomic E-state index is 13.2. The topological polar surface area (TPSA) is 84.4 Å². The first-order valence-electron chi connectivity index (χ1n) is 10.2. The molecule has 2 amide bonds. The quantitative estimate of drug-likeness (QED) is 0.357. The van der Waals surface area contributed by atoms with E-state index in [4.69, 9.17) is 4.74 Å². The van der Waals surface area contributed by atoms with E-state index in [1.807, 2.05) is 6.07 Å². The van der Waals surface area contributed by atoms with Gasteiger partial charge in [-0.1, -0.05) is 42.1 Å². The maximum absolute atomic E-state index is 13.2. The van der Waals surface area contributed by atoms with Crippen LogP contribution in [0.1, 0.15) is 36.8 Å². The molecule has 1 aliphatic heterocycles. The molecule has 7 nitrogen and oxygen atoms in total. The molecule has 33 heavy (non-hydrogen) atoms. The standard InChI is InChI=1S/C22H23F3N4O3S/c1-4-29-15(12-33-20-26-13(3)11-16(27-20)22(23,24)25)17(19(30)32-5-2)18(28-21(29)31)14-9-7-6-8-10-14/h6-11,18H,4-5,12H2,1-3H3,(H,28,31)/t18-/m1/s1. The highest BCUT2D eigenvalue weighted by molar-refractivity contribution is 7.99. The van der Waals surface area contributed by atoms with E-state index < -0.39 is 29.9 Å². The molecule has 0 radical (unpaired) electrons. The maximum Gasteiger partial charge on any atom is 0.433 e. The van der Waals surface area contributed by atoms with Crippen LogP contribution in [0.15, 0.2) is 52.8 Å². The molecular weight excluding hydrogens is 457 g/mol. The van der Waals surface area contributed by atoms with Gasteiger partial charge in [0.15, 0.2) is 5.16 Å². The van der Waals surface area contributed by atoms with Gasteiger partial charge < -0.3 is 10.1 Å². The highest BCUT2D eigenvalue weighted by atomic mass is 32.2. The lowest BCUT2D eigenvalue weighted by Gasteiger charge is -2.36. The molecule has 176 valence electrons. The fourth-order valence-corrected chi connectivity index (χ4v) is 4.37. The fourth-order valence-electron chi connectivity index (χ4n) is 3.42. The van der Waals surface area contributed by atoms with Gasteiger partial charge in [-0.05, 0) is 32.4 Å². The van der Waals surface area contributed by atoms with Crippen molar-refractivity contribution in [3.63, 3.8) is 0 Å². The van der Waals surface area contributed by atoms with Crippen molar-refractivity contribution < 1.29 is 27.5 Å². The van der Waals surface area contributed by atoms with Crippen molar-refractivity contribution >= 4 is 23.8 Å². The summed E-state index contributed by atoms with van der Waals surface area (Å²) in [5.74, 6) is -0.610. The third-order valence-corrected chi connectivity index (χ3v) is 5.70. The van der Waals surface area contributed by atoms with Crippen molar-refractivity contribution in [2.75, 3.05) is 18.9 Å². The number of esters is 1. The molecule has 1 aromatic carbocycles. The summed E-state index contributed by atoms with van der Waals surface area (Å²) in [5, 5.41) is 2.73. The Hall–Kier alpha value is -3.08. The molecule has 0 saturated carbocycles. The summed E-state index contributed by atoms with van der Waals surface area (Å²) in [6, 6.07) is 8.60. The predicted molar refractivity (Wildman–Crippen MR) is 116 cm³/mol. The van der Waals surface area contributed by atoms with Crippen LogP contribution in [-0.2, 0) is 15.7 Å². The number of hydrogen-bond acceptors (Lipinski definition) is 6. The van der Waals surface area contributed by atoms with Crippen LogP contribution in [0.3, 0.4) is 0 Å². The zero-order valence-electron chi connectivity index (χ0n) is 18.3. The molecule has 1 N–H and O–H groups in total. The summed E-state index contributed by atoms with van der Waals surface area (Å²) < 4.78 is 44.8. The van der Waals surface area contributed by atoms with Crippen LogP contribution in [0.25, 0.3) is 0 Å². The lowest BCUT2D eigenvalue weighted by molar-refractivity contribution is -0.142. The van der Waals surface area contributed by atoms with E-state index in [2.05, 4.69) is 15.3 Å². The molecule has 0 spiro atoms. The van der Waals surface area contributed by atoms with Crippen LogP contribution in [0.2, 0.25) is 0 Å². The minimum absolute atomic E-state index is 0.000504. The number of ether oxygens (including phenoxy) is 1. The van der Waals surface area contributed by atoms with Crippen molar-refractivity contribution in [1.82, 2.24) is 20.2 Å². The van der Waals surface area contributed by atoms with Crippen LogP contribution in [0.5, 0.6) is 0 Å². The predicted octanol–water partition coefficient (Wildman–Crippen LogP) is 4.50. The number of aryl methyl sites for hydroxylation is 1. The van der Waals surface area contributed by atoms with Crippen molar-refractivity contribution in [3.05, 3.63) is 64.6 Å². The number of alkyl halides is 3. The average Bonchev–Trinajstić information content (AvgIpc) is 2.77. The number of amides is 2. The number of nitrogens with zero attached hydrogens (tertiary/aromatic N) is 3. The Morgan fingerprint density at radius 3 is 2.52 bits per heavy atom. The highest BCUT2D eigenvalue weighted by Crippen LogP contribution is 2.35. The minimum Gasteiger partial charge on any atom is -0.463 e. The van der Waals surface area contributed by atoms with Gasteiger partial charge in [0, 0.05) is 23.7 Å². The number of hydrogen-bond donors (Lipinski definition) is 1. The number of halogens is 3. The van der Waals surface area contributed by atoms with Gasteiger partial charge in [-0.25, -0.2) is 19.6 Å². The molecule has 11 heteroatoms. The molecule has 2 aromatic rings. The summed E-state index contributed by atoms with van der Waals surface area (Å²) in [6.07, 6.45) is -4.61. The number of urea groups is 1. The number of benzene rings is 1. The Balaban J connectivity index is 2.05. The highest BCUT2D eigenvalue weighted by Gasteiger charge is 2.38. The Morgan fingerprint density at radius 1 is 1.21 bits per heavy atom. The van der Waals surface area contributed by atoms with E-state index in [1.54, 1.807) is 38.1 Å². The SMILES string of the molecule is CCOC(=O)C1=C(CSc2nc(C)cc(C(F)(F)F)n2)N(CC)C(=O)N[C@@H]1c1ccccc1. The molecule has 0 unspecified atom stereocenters. The summed E-state index contributed by atoms with van der Waals surface area (Å²) in [6.45, 7) is 5.22. The smallest absolute Gasteiger partial charge is 0.433 e. The average molecular weight is 481 g/mol. The second kappa shape index (κ2) is 10.2. The summed E-state index contributed by atoms with van der Waals surface area (Å²) in [5.41, 5.74) is 0.361. The zero-order valence-corrected chi connectivity index (χ0v) is 19.1. The monoisotopic (exact) mass is 480 g/mol. The lowest BCUT2D eigenvalue weighted by Crippen LogP contribution is -2.49. The van der Waals surface area contributed by atoms with Gasteiger partial charge in [-0.15, -0.1) is 0 Å². The molecule has 3 rings (SSSR count). The third kappa shape index (κ3) is 5.65. The van der Waals surface area contributed by atoms with E-state index >= 15 is 0 Å². The number of aromatic nitrogens is 2. The Morgan fingerprint density at radius 2 is 1.91 bits per heavy atom. The zero-order chi connectivity index (χ0) is 24.2. The second-order valence-corrected chi connectivity index (χ2v) is 8.02. The Kier molecular flexibility index (Phi) is 7.62. The molecule has 1 aromatic heterocycles. The first-order chi connectivity index (χ1) is 15.7. The first kappa shape index (κ1) is 24.6. The first-order valence-corrected chi connectivity index (χ1v) is 11.2. The normalized spacial score (nSPS) is 16.6. The molecule has 0 fully saturated rings. The summed E-state index contributed by atoms with van der Waals surface area (Å²) in [4.78, 5) is 34.9. The second-order valence-electron chi connectivity index (χ2n) is 7.08. The van der Waals surface area contributed by atoms with E-state index in [9.17, 15) is 22.8 Å². The molecule has 2 heterocycles. The molecule has 0 saturated heterocycles. The molecule has 1 atom stereocenters. The summed E-state index contributed by atoms with van der Waals surface area (Å²) >= 11 is 0.919. The number of nitrogens with one attached hydrogen (secondary N) is 1. The van der Waals surface area contributed by atoms with Crippen LogP contribution in [-0.4, -0.2) is 45.8 Å². The van der Waals surface area contributed by atoms with Crippen LogP contribution < -0.4 is 5.32 Å². The molecule has 1 aliphatic rings. The van der Waals surface area contributed by atoms with Crippen molar-refractivity contribution in [3.8, 4) is 0 Å². The van der Waals surface area contributed by atoms with Gasteiger partial charge in [0.1, 0.15) is 5.69 Å². The van der Waals surface area contributed by atoms with E-state index in [1.165, 1.54) is 11.8 Å². The molecular formula is C22H23F3N4O3S. The number of carbonyl (C=O) groups excluding carboxylic acids is 2. The largest absolute Gasteiger partial charge is 0.463 e. The van der Waals surface area contributed by atoms with Gasteiger partial charge in [-0.3, -0.25) is 4.90 Å². The Labute approximate surface area is 193 Å². The van der Waals surface area contributed by atoms with Crippen molar-refractivity contribution in [2.45, 2.75) is 38.1 Å². The van der Waals surface area contributed by atoms with Crippen molar-refractivity contribution in [1.29, 1.82) is 0 Å². The molecule has 0 aliphatic carbocycles. The van der Waals surface area contributed by atoms with Crippen LogP contribution >= 0.6 is 11.8 Å². The fraction of sp³-hybridized carbons (Fsp3) is 0.364. The van der Waals surface area contributed by atoms with Gasteiger partial charge in [0.2, 0.25) is 0 Å². The summed E-state index contributed by atoms with van der Waals surface area (Å²) in [7, 11) is 0. The van der Waals surface area contributed by atoms with Gasteiger partial charge in [0.25, 0.3) is 0 Å². The molecule has 0 bridgehead atoms. The third-order valence-electron chi connectivity index (χ3n) is 4.84. The van der Waals surface area contributed by atoms with Crippen LogP contribution in [0.4, 0.5) is 18.0 Å². The Bertz CT molecular complexity index is 1060. The lowest BCUT2D eigenvalue weighted by atomic mass is 9.95. The van der Waals surface area contributed by atoms with Gasteiger partial charge in [0.05, 0.1) is 18.2 Å².